The van der Waals surface area contributed by atoms with E-state index < -0.39 is 0 Å². The standard InChI is InChI=1S/C14H22N4O2S/c1-10-12(13(21-3)16-11(2)15-10)14(20)18-6-4-17(5-7-18)8-9-19/h19H,4-9H2,1-3H3. The Morgan fingerprint density at radius 3 is 2.48 bits per heavy atom. The van der Waals surface area contributed by atoms with Crippen LogP contribution in [0.2, 0.25) is 0 Å². The molecule has 0 spiro atoms. The minimum Gasteiger partial charge on any atom is -0.395 e. The molecule has 1 N–H and O–H groups in total. The number of aliphatic hydroxyl groups excluding tert-OH is 1. The van der Waals surface area contributed by atoms with Crippen molar-refractivity contribution < 1.29 is 9.90 Å². The lowest BCUT2D eigenvalue weighted by Gasteiger charge is -2.34. The van der Waals surface area contributed by atoms with E-state index in [4.69, 9.17) is 5.11 Å². The lowest BCUT2D eigenvalue weighted by molar-refractivity contribution is 0.0609. The number of nitrogens with zero attached hydrogens (tertiary/aromatic N) is 4. The molecule has 1 aliphatic rings. The SMILES string of the molecule is CSc1nc(C)nc(C)c1C(=O)N1CCN(CCO)CC1. The maximum absolute atomic E-state index is 12.7. The average Bonchev–Trinajstić information content (AvgIpc) is 2.47. The zero-order chi connectivity index (χ0) is 15.4. The number of hydrogen-bond acceptors (Lipinski definition) is 6. The van der Waals surface area contributed by atoms with Crippen LogP contribution in [0.15, 0.2) is 5.03 Å². The number of β-amino-alcohol motifs (C(OH)–C–C–N with tert-alkyl or cyclic N) is 1. The molecule has 0 radical (unpaired) electrons. The second-order valence-electron chi connectivity index (χ2n) is 5.10. The summed E-state index contributed by atoms with van der Waals surface area (Å²) in [6.45, 7) is 7.50. The third-order valence-electron chi connectivity index (χ3n) is 3.65. The minimum atomic E-state index is 0.0144. The van der Waals surface area contributed by atoms with Gasteiger partial charge in [-0.15, -0.1) is 11.8 Å². The smallest absolute Gasteiger partial charge is 0.258 e. The fourth-order valence-corrected chi connectivity index (χ4v) is 3.21. The van der Waals surface area contributed by atoms with Crippen LogP contribution in [-0.2, 0) is 0 Å². The van der Waals surface area contributed by atoms with E-state index in [1.807, 2.05) is 25.0 Å². The molecule has 1 aliphatic heterocycles. The molecule has 0 saturated carbocycles. The summed E-state index contributed by atoms with van der Waals surface area (Å²) in [7, 11) is 0. The Morgan fingerprint density at radius 2 is 1.90 bits per heavy atom. The van der Waals surface area contributed by atoms with Crippen molar-refractivity contribution in [3.63, 3.8) is 0 Å². The van der Waals surface area contributed by atoms with Crippen LogP contribution < -0.4 is 0 Å². The Balaban J connectivity index is 2.14. The summed E-state index contributed by atoms with van der Waals surface area (Å²) in [6, 6.07) is 0. The molecule has 0 aromatic carbocycles. The van der Waals surface area contributed by atoms with Crippen molar-refractivity contribution in [1.29, 1.82) is 0 Å². The van der Waals surface area contributed by atoms with Gasteiger partial charge in [-0.3, -0.25) is 9.69 Å². The molecule has 0 unspecified atom stereocenters. The maximum Gasteiger partial charge on any atom is 0.258 e. The first kappa shape index (κ1) is 16.2. The van der Waals surface area contributed by atoms with Crippen LogP contribution in [0.5, 0.6) is 0 Å². The lowest BCUT2D eigenvalue weighted by atomic mass is 10.2. The second-order valence-corrected chi connectivity index (χ2v) is 5.89. The summed E-state index contributed by atoms with van der Waals surface area (Å²) < 4.78 is 0. The van der Waals surface area contributed by atoms with Crippen molar-refractivity contribution in [2.24, 2.45) is 0 Å². The predicted octanol–water partition coefficient (Wildman–Crippen LogP) is 0.565. The molecule has 1 aromatic rings. The highest BCUT2D eigenvalue weighted by Gasteiger charge is 2.26. The molecule has 21 heavy (non-hydrogen) atoms. The molecule has 1 fully saturated rings. The van der Waals surface area contributed by atoms with Crippen LogP contribution in [0.25, 0.3) is 0 Å². The first-order valence-electron chi connectivity index (χ1n) is 7.08. The molecular formula is C14H22N4O2S. The average molecular weight is 310 g/mol. The summed E-state index contributed by atoms with van der Waals surface area (Å²) in [5.74, 6) is 0.710. The van der Waals surface area contributed by atoms with Gasteiger partial charge in [0.2, 0.25) is 0 Å². The topological polar surface area (TPSA) is 69.6 Å². The first-order chi connectivity index (χ1) is 10.1. The summed E-state index contributed by atoms with van der Waals surface area (Å²) in [5, 5.41) is 9.71. The summed E-state index contributed by atoms with van der Waals surface area (Å²) in [6.07, 6.45) is 1.93. The zero-order valence-electron chi connectivity index (χ0n) is 12.8. The van der Waals surface area contributed by atoms with E-state index in [0.717, 1.165) is 23.8 Å². The molecule has 2 rings (SSSR count). The number of hydrogen-bond donors (Lipinski definition) is 1. The summed E-state index contributed by atoms with van der Waals surface area (Å²) >= 11 is 1.48. The maximum atomic E-state index is 12.7. The summed E-state index contributed by atoms with van der Waals surface area (Å²) in [4.78, 5) is 25.5. The molecule has 2 heterocycles. The van der Waals surface area contributed by atoms with Crippen LogP contribution in [0, 0.1) is 13.8 Å². The molecule has 1 aromatic heterocycles. The van der Waals surface area contributed by atoms with Crippen molar-refractivity contribution in [1.82, 2.24) is 19.8 Å². The van der Waals surface area contributed by atoms with E-state index in [-0.39, 0.29) is 12.5 Å². The van der Waals surface area contributed by atoms with E-state index in [1.54, 1.807) is 0 Å². The number of rotatable bonds is 4. The van der Waals surface area contributed by atoms with Gasteiger partial charge >= 0.3 is 0 Å². The van der Waals surface area contributed by atoms with Crippen molar-refractivity contribution in [2.45, 2.75) is 18.9 Å². The van der Waals surface area contributed by atoms with Crippen LogP contribution in [0.4, 0.5) is 0 Å². The van der Waals surface area contributed by atoms with Crippen LogP contribution in [-0.4, -0.2) is 76.4 Å². The molecular weight excluding hydrogens is 288 g/mol. The van der Waals surface area contributed by atoms with Crippen molar-refractivity contribution in [3.05, 3.63) is 17.1 Å². The van der Waals surface area contributed by atoms with Gasteiger partial charge in [0.05, 0.1) is 17.9 Å². The van der Waals surface area contributed by atoms with Gasteiger partial charge in [0.1, 0.15) is 10.9 Å². The molecule has 0 atom stereocenters. The highest BCUT2D eigenvalue weighted by Crippen LogP contribution is 2.22. The van der Waals surface area contributed by atoms with Gasteiger partial charge in [0.25, 0.3) is 5.91 Å². The fraction of sp³-hybridized carbons (Fsp3) is 0.643. The zero-order valence-corrected chi connectivity index (χ0v) is 13.6. The van der Waals surface area contributed by atoms with Gasteiger partial charge in [-0.25, -0.2) is 9.97 Å². The van der Waals surface area contributed by atoms with Gasteiger partial charge in [0.15, 0.2) is 0 Å². The number of piperazine rings is 1. The van der Waals surface area contributed by atoms with E-state index in [9.17, 15) is 4.79 Å². The Kier molecular flexibility index (Phi) is 5.55. The third-order valence-corrected chi connectivity index (χ3v) is 4.33. The quantitative estimate of drug-likeness (QED) is 0.647. The number of thioether (sulfide) groups is 1. The first-order valence-corrected chi connectivity index (χ1v) is 8.31. The molecule has 0 bridgehead atoms. The Bertz CT molecular complexity index is 516. The van der Waals surface area contributed by atoms with Crippen molar-refractivity contribution >= 4 is 17.7 Å². The highest BCUT2D eigenvalue weighted by atomic mass is 32.2. The van der Waals surface area contributed by atoms with Crippen LogP contribution in [0.3, 0.4) is 0 Å². The number of aliphatic hydroxyl groups is 1. The second kappa shape index (κ2) is 7.20. The summed E-state index contributed by atoms with van der Waals surface area (Å²) in [5.41, 5.74) is 1.37. The van der Waals surface area contributed by atoms with Gasteiger partial charge in [-0.05, 0) is 20.1 Å². The normalized spacial score (nSPS) is 16.3. The predicted molar refractivity (Wildman–Crippen MR) is 82.7 cm³/mol. The van der Waals surface area contributed by atoms with Gasteiger partial charge in [0, 0.05) is 32.7 Å². The Hall–Kier alpha value is -1.18. The lowest BCUT2D eigenvalue weighted by Crippen LogP contribution is -2.49. The Labute approximate surface area is 129 Å². The number of aromatic nitrogens is 2. The molecule has 116 valence electrons. The van der Waals surface area contributed by atoms with Gasteiger partial charge < -0.3 is 10.0 Å². The van der Waals surface area contributed by atoms with Crippen LogP contribution >= 0.6 is 11.8 Å². The van der Waals surface area contributed by atoms with E-state index in [2.05, 4.69) is 14.9 Å². The molecule has 1 amide bonds. The van der Waals surface area contributed by atoms with Crippen molar-refractivity contribution in [3.8, 4) is 0 Å². The minimum absolute atomic E-state index is 0.0144. The van der Waals surface area contributed by atoms with Gasteiger partial charge in [-0.1, -0.05) is 0 Å². The third kappa shape index (κ3) is 3.72. The molecule has 1 saturated heterocycles. The monoisotopic (exact) mass is 310 g/mol. The number of carbonyl (C=O) groups excluding carboxylic acids is 1. The van der Waals surface area contributed by atoms with Gasteiger partial charge in [-0.2, -0.15) is 0 Å². The largest absolute Gasteiger partial charge is 0.395 e. The van der Waals surface area contributed by atoms with E-state index in [0.29, 0.717) is 31.0 Å². The number of aryl methyl sites for hydroxylation is 2. The van der Waals surface area contributed by atoms with E-state index >= 15 is 0 Å². The highest BCUT2D eigenvalue weighted by molar-refractivity contribution is 7.98. The molecule has 6 nitrogen and oxygen atoms in total. The fourth-order valence-electron chi connectivity index (χ4n) is 2.55. The van der Waals surface area contributed by atoms with E-state index in [1.165, 1.54) is 11.8 Å². The van der Waals surface area contributed by atoms with Crippen LogP contribution in [0.1, 0.15) is 21.9 Å². The Morgan fingerprint density at radius 1 is 1.24 bits per heavy atom. The van der Waals surface area contributed by atoms with Crippen molar-refractivity contribution in [2.75, 3.05) is 45.6 Å². The number of amides is 1. The molecule has 7 heteroatoms. The molecule has 0 aliphatic carbocycles. The number of carbonyl (C=O) groups is 1.